The van der Waals surface area contributed by atoms with Crippen molar-refractivity contribution < 1.29 is 4.39 Å². The molecule has 1 aromatic rings. The van der Waals surface area contributed by atoms with Crippen LogP contribution in [0.4, 0.5) is 4.39 Å². The average Bonchev–Trinajstić information content (AvgIpc) is 2.40. The van der Waals surface area contributed by atoms with Gasteiger partial charge in [-0.25, -0.2) is 4.39 Å². The first kappa shape index (κ1) is 20.9. The molecule has 0 aromatic heterocycles. The lowest BCUT2D eigenvalue weighted by Gasteiger charge is -2.36. The zero-order chi connectivity index (χ0) is 13.8. The highest BCUT2D eigenvalue weighted by Gasteiger charge is 2.26. The van der Waals surface area contributed by atoms with Crippen LogP contribution in [0.1, 0.15) is 31.9 Å². The van der Waals surface area contributed by atoms with Crippen LogP contribution >= 0.6 is 36.4 Å². The lowest BCUT2D eigenvalue weighted by atomic mass is 9.94. The van der Waals surface area contributed by atoms with E-state index in [1.54, 1.807) is 6.07 Å². The van der Waals surface area contributed by atoms with E-state index in [0.29, 0.717) is 5.92 Å². The van der Waals surface area contributed by atoms with E-state index in [0.717, 1.165) is 38.2 Å². The van der Waals surface area contributed by atoms with E-state index >= 15 is 0 Å². The van der Waals surface area contributed by atoms with Crippen molar-refractivity contribution in [1.82, 2.24) is 10.2 Å². The molecule has 122 valence electrons. The Morgan fingerprint density at radius 1 is 1.24 bits per heavy atom. The summed E-state index contributed by atoms with van der Waals surface area (Å²) in [6, 6.07) is 5.46. The van der Waals surface area contributed by atoms with Gasteiger partial charge >= 0.3 is 0 Å². The van der Waals surface area contributed by atoms with Crippen LogP contribution in [0.25, 0.3) is 0 Å². The van der Waals surface area contributed by atoms with Gasteiger partial charge in [0.05, 0.1) is 5.02 Å². The van der Waals surface area contributed by atoms with E-state index in [1.807, 2.05) is 12.1 Å². The van der Waals surface area contributed by atoms with E-state index in [4.69, 9.17) is 11.6 Å². The van der Waals surface area contributed by atoms with Gasteiger partial charge in [-0.1, -0.05) is 37.6 Å². The zero-order valence-corrected chi connectivity index (χ0v) is 14.8. The SMILES string of the molecule is CC(C)C[C@H](c1cccc(Cl)c1F)N1CCNCC1.Cl.Cl. The fraction of sp³-hybridized carbons (Fsp3) is 0.600. The molecule has 1 saturated heterocycles. The molecule has 0 bridgehead atoms. The molecule has 1 aliphatic rings. The minimum absolute atomic E-state index is 0. The molecule has 21 heavy (non-hydrogen) atoms. The van der Waals surface area contributed by atoms with Gasteiger partial charge in [0.15, 0.2) is 0 Å². The predicted molar refractivity (Wildman–Crippen MR) is 92.5 cm³/mol. The summed E-state index contributed by atoms with van der Waals surface area (Å²) >= 11 is 5.93. The van der Waals surface area contributed by atoms with Crippen LogP contribution in [-0.4, -0.2) is 31.1 Å². The molecule has 0 aliphatic carbocycles. The van der Waals surface area contributed by atoms with Crippen LogP contribution in [0.15, 0.2) is 18.2 Å². The van der Waals surface area contributed by atoms with Crippen LogP contribution in [-0.2, 0) is 0 Å². The fourth-order valence-corrected chi connectivity index (χ4v) is 2.87. The molecular weight excluding hydrogens is 334 g/mol. The summed E-state index contributed by atoms with van der Waals surface area (Å²) in [6.07, 6.45) is 0.956. The van der Waals surface area contributed by atoms with Gasteiger partial charge in [0.25, 0.3) is 0 Å². The van der Waals surface area contributed by atoms with Crippen molar-refractivity contribution in [3.05, 3.63) is 34.6 Å². The molecule has 1 aliphatic heterocycles. The molecule has 2 nitrogen and oxygen atoms in total. The molecular formula is C15H24Cl3FN2. The smallest absolute Gasteiger partial charge is 0.146 e. The van der Waals surface area contributed by atoms with Crippen molar-refractivity contribution in [3.8, 4) is 0 Å². The Hall–Kier alpha value is -0.0600. The predicted octanol–water partition coefficient (Wildman–Crippen LogP) is 4.32. The van der Waals surface area contributed by atoms with Crippen LogP contribution in [0.3, 0.4) is 0 Å². The van der Waals surface area contributed by atoms with Crippen LogP contribution in [0.2, 0.25) is 5.02 Å². The van der Waals surface area contributed by atoms with Crippen molar-refractivity contribution in [2.45, 2.75) is 26.3 Å². The number of hydrogen-bond donors (Lipinski definition) is 1. The van der Waals surface area contributed by atoms with Crippen molar-refractivity contribution >= 4 is 36.4 Å². The highest BCUT2D eigenvalue weighted by Crippen LogP contribution is 2.32. The van der Waals surface area contributed by atoms with E-state index in [-0.39, 0.29) is 41.7 Å². The maximum Gasteiger partial charge on any atom is 0.146 e. The van der Waals surface area contributed by atoms with Crippen LogP contribution in [0.5, 0.6) is 0 Å². The largest absolute Gasteiger partial charge is 0.314 e. The van der Waals surface area contributed by atoms with Crippen molar-refractivity contribution in [1.29, 1.82) is 0 Å². The molecule has 0 radical (unpaired) electrons. The van der Waals surface area contributed by atoms with Gasteiger partial charge in [-0.15, -0.1) is 24.8 Å². The van der Waals surface area contributed by atoms with Crippen molar-refractivity contribution in [3.63, 3.8) is 0 Å². The molecule has 0 saturated carbocycles. The summed E-state index contributed by atoms with van der Waals surface area (Å²) in [4.78, 5) is 2.37. The van der Waals surface area contributed by atoms with E-state index in [2.05, 4.69) is 24.1 Å². The van der Waals surface area contributed by atoms with Gasteiger partial charge in [-0.2, -0.15) is 0 Å². The quantitative estimate of drug-likeness (QED) is 0.863. The molecule has 1 aromatic carbocycles. The molecule has 1 N–H and O–H groups in total. The van der Waals surface area contributed by atoms with Gasteiger partial charge in [0.2, 0.25) is 0 Å². The number of nitrogens with one attached hydrogen (secondary N) is 1. The third kappa shape index (κ3) is 5.57. The summed E-state index contributed by atoms with van der Waals surface area (Å²) in [5.41, 5.74) is 0.739. The minimum atomic E-state index is -0.256. The van der Waals surface area contributed by atoms with Gasteiger partial charge in [-0.3, -0.25) is 4.90 Å². The molecule has 0 unspecified atom stereocenters. The zero-order valence-electron chi connectivity index (χ0n) is 12.4. The third-order valence-corrected chi connectivity index (χ3v) is 3.92. The van der Waals surface area contributed by atoms with E-state index in [9.17, 15) is 4.39 Å². The summed E-state index contributed by atoms with van der Waals surface area (Å²) in [5.74, 6) is 0.270. The van der Waals surface area contributed by atoms with E-state index in [1.165, 1.54) is 0 Å². The lowest BCUT2D eigenvalue weighted by molar-refractivity contribution is 0.151. The Bertz CT molecular complexity index is 423. The van der Waals surface area contributed by atoms with Crippen LogP contribution in [0, 0.1) is 11.7 Å². The normalized spacial score (nSPS) is 17.0. The first-order chi connectivity index (χ1) is 9.09. The number of benzene rings is 1. The average molecular weight is 358 g/mol. The van der Waals surface area contributed by atoms with Gasteiger partial charge in [0, 0.05) is 37.8 Å². The second-order valence-electron chi connectivity index (χ2n) is 5.57. The Labute approximate surface area is 144 Å². The molecule has 6 heteroatoms. The van der Waals surface area contributed by atoms with Gasteiger partial charge in [-0.05, 0) is 18.4 Å². The minimum Gasteiger partial charge on any atom is -0.314 e. The second kappa shape index (κ2) is 9.86. The Kier molecular flexibility index (Phi) is 9.83. The fourth-order valence-electron chi connectivity index (χ4n) is 2.69. The first-order valence-corrected chi connectivity index (χ1v) is 7.36. The van der Waals surface area contributed by atoms with Gasteiger partial charge < -0.3 is 5.32 Å². The van der Waals surface area contributed by atoms with Crippen LogP contribution < -0.4 is 5.32 Å². The summed E-state index contributed by atoms with van der Waals surface area (Å²) in [5, 5.41) is 3.56. The number of nitrogens with zero attached hydrogens (tertiary/aromatic N) is 1. The molecule has 1 fully saturated rings. The van der Waals surface area contributed by atoms with Gasteiger partial charge in [0.1, 0.15) is 5.82 Å². The van der Waals surface area contributed by atoms with Crippen molar-refractivity contribution in [2.24, 2.45) is 5.92 Å². The number of hydrogen-bond acceptors (Lipinski definition) is 2. The Morgan fingerprint density at radius 2 is 1.86 bits per heavy atom. The topological polar surface area (TPSA) is 15.3 Å². The number of halogens is 4. The summed E-state index contributed by atoms with van der Waals surface area (Å²) in [7, 11) is 0. The third-order valence-electron chi connectivity index (χ3n) is 3.63. The van der Waals surface area contributed by atoms with E-state index < -0.39 is 0 Å². The summed E-state index contributed by atoms with van der Waals surface area (Å²) in [6.45, 7) is 8.22. The molecule has 2 rings (SSSR count). The Balaban J connectivity index is 0.00000200. The highest BCUT2D eigenvalue weighted by atomic mass is 35.5. The number of rotatable bonds is 4. The highest BCUT2D eigenvalue weighted by molar-refractivity contribution is 6.30. The summed E-state index contributed by atoms with van der Waals surface area (Å²) < 4.78 is 14.3. The van der Waals surface area contributed by atoms with Crippen molar-refractivity contribution in [2.75, 3.05) is 26.2 Å². The molecule has 0 amide bonds. The molecule has 0 spiro atoms. The molecule has 1 atom stereocenters. The molecule has 1 heterocycles. The second-order valence-corrected chi connectivity index (χ2v) is 5.98. The standard InChI is InChI=1S/C15H22ClFN2.2ClH/c1-11(2)10-14(19-8-6-18-7-9-19)12-4-3-5-13(16)15(12)17;;/h3-5,11,14,18H,6-10H2,1-2H3;2*1H/t14-;;/m1../s1. The number of piperazine rings is 1. The maximum absolute atomic E-state index is 14.3. The lowest BCUT2D eigenvalue weighted by Crippen LogP contribution is -2.45. The monoisotopic (exact) mass is 356 g/mol. The Morgan fingerprint density at radius 3 is 2.43 bits per heavy atom. The maximum atomic E-state index is 14.3. The first-order valence-electron chi connectivity index (χ1n) is 6.98.